The first-order valence-corrected chi connectivity index (χ1v) is 6.24. The van der Waals surface area contributed by atoms with Crippen molar-refractivity contribution in [1.82, 2.24) is 15.3 Å². The molecule has 0 saturated heterocycles. The smallest absolute Gasteiger partial charge is 0.269 e. The molecule has 3 heterocycles. The van der Waals surface area contributed by atoms with Crippen molar-refractivity contribution in [2.24, 2.45) is 0 Å². The molecule has 0 bridgehead atoms. The van der Waals surface area contributed by atoms with E-state index in [9.17, 15) is 0 Å². The maximum Gasteiger partial charge on any atom is 0.269 e. The lowest BCUT2D eigenvalue weighted by atomic mass is 10.1. The second kappa shape index (κ2) is 4.72. The number of nitrogens with zero attached hydrogens (tertiary/aromatic N) is 2. The van der Waals surface area contributed by atoms with E-state index in [1.807, 2.05) is 12.2 Å². The van der Waals surface area contributed by atoms with Crippen LogP contribution in [0.4, 0.5) is 0 Å². The van der Waals surface area contributed by atoms with Crippen LogP contribution in [-0.2, 0) is 9.80 Å². The van der Waals surface area contributed by atoms with Crippen LogP contribution in [-0.4, -0.2) is 24.2 Å². The van der Waals surface area contributed by atoms with Crippen molar-refractivity contribution in [1.29, 1.82) is 0 Å². The van der Waals surface area contributed by atoms with Gasteiger partial charge in [-0.1, -0.05) is 11.6 Å². The predicted octanol–water partition coefficient (Wildman–Crippen LogP) is 1.80. The SMILES string of the molecule is COc1cc(OC)nc(C2(Cl)OC=C3NC=CC=C32)n1. The standard InChI is InChI=1S/C13H12ClN3O3/c1-18-10-6-11(19-2)17-12(16-10)13(14)8-4-3-5-15-9(8)7-20-13/h3-7,15H,1-2H3. The Hall–Kier alpha value is -2.21. The fourth-order valence-corrected chi connectivity index (χ4v) is 2.26. The highest BCUT2D eigenvalue weighted by Crippen LogP contribution is 2.45. The number of halogens is 1. The Balaban J connectivity index is 2.08. The summed E-state index contributed by atoms with van der Waals surface area (Å²) in [6.45, 7) is 0. The van der Waals surface area contributed by atoms with Gasteiger partial charge >= 0.3 is 0 Å². The zero-order valence-electron chi connectivity index (χ0n) is 10.9. The third-order valence-electron chi connectivity index (χ3n) is 2.96. The van der Waals surface area contributed by atoms with E-state index in [2.05, 4.69) is 15.3 Å². The van der Waals surface area contributed by atoms with Gasteiger partial charge in [-0.3, -0.25) is 0 Å². The third-order valence-corrected chi connectivity index (χ3v) is 3.42. The van der Waals surface area contributed by atoms with Gasteiger partial charge in [0.15, 0.2) is 0 Å². The molecule has 0 aliphatic carbocycles. The minimum absolute atomic E-state index is 0.255. The summed E-state index contributed by atoms with van der Waals surface area (Å²) in [5.41, 5.74) is 1.50. The van der Waals surface area contributed by atoms with Crippen LogP contribution < -0.4 is 14.8 Å². The van der Waals surface area contributed by atoms with Gasteiger partial charge in [0.1, 0.15) is 6.26 Å². The molecule has 1 unspecified atom stereocenters. The number of hydrogen-bond donors (Lipinski definition) is 1. The van der Waals surface area contributed by atoms with Gasteiger partial charge in [-0.25, -0.2) is 0 Å². The van der Waals surface area contributed by atoms with Gasteiger partial charge in [0, 0.05) is 11.8 Å². The first-order chi connectivity index (χ1) is 9.67. The number of aromatic nitrogens is 2. The first-order valence-electron chi connectivity index (χ1n) is 5.86. The van der Waals surface area contributed by atoms with Crippen molar-refractivity contribution < 1.29 is 14.2 Å². The molecule has 1 atom stereocenters. The van der Waals surface area contributed by atoms with Crippen molar-refractivity contribution in [3.63, 3.8) is 0 Å². The van der Waals surface area contributed by atoms with E-state index >= 15 is 0 Å². The first kappa shape index (κ1) is 12.8. The van der Waals surface area contributed by atoms with Gasteiger partial charge < -0.3 is 19.5 Å². The Bertz CT molecular complexity index is 619. The molecule has 104 valence electrons. The molecule has 0 saturated carbocycles. The number of alkyl halides is 1. The second-order valence-electron chi connectivity index (χ2n) is 4.10. The average molecular weight is 294 g/mol. The monoisotopic (exact) mass is 293 g/mol. The number of methoxy groups -OCH3 is 2. The van der Waals surface area contributed by atoms with Crippen molar-refractivity contribution in [3.8, 4) is 11.8 Å². The van der Waals surface area contributed by atoms with Crippen LogP contribution in [0.15, 0.2) is 42.0 Å². The summed E-state index contributed by atoms with van der Waals surface area (Å²) in [6, 6.07) is 1.57. The van der Waals surface area contributed by atoms with Crippen LogP contribution in [0.5, 0.6) is 11.8 Å². The summed E-state index contributed by atoms with van der Waals surface area (Å²) < 4.78 is 15.8. The van der Waals surface area contributed by atoms with Crippen LogP contribution in [0, 0.1) is 0 Å². The van der Waals surface area contributed by atoms with Gasteiger partial charge in [0.05, 0.1) is 26.0 Å². The molecule has 3 rings (SSSR count). The Morgan fingerprint density at radius 3 is 2.60 bits per heavy atom. The van der Waals surface area contributed by atoms with Gasteiger partial charge in [0.25, 0.3) is 5.06 Å². The van der Waals surface area contributed by atoms with E-state index in [0.29, 0.717) is 11.8 Å². The molecule has 1 aromatic heterocycles. The summed E-state index contributed by atoms with van der Waals surface area (Å²) in [5, 5.41) is 1.75. The average Bonchev–Trinajstić information content (AvgIpc) is 2.86. The van der Waals surface area contributed by atoms with Crippen LogP contribution >= 0.6 is 11.6 Å². The third kappa shape index (κ3) is 1.89. The number of hydrogen-bond acceptors (Lipinski definition) is 6. The molecule has 0 aromatic carbocycles. The van der Waals surface area contributed by atoms with Gasteiger partial charge in [-0.05, 0) is 12.2 Å². The molecular formula is C13H12ClN3O3. The fraction of sp³-hybridized carbons (Fsp3) is 0.231. The van der Waals surface area contributed by atoms with Gasteiger partial charge in [-0.2, -0.15) is 9.97 Å². The van der Waals surface area contributed by atoms with E-state index in [1.54, 1.807) is 12.3 Å². The highest BCUT2D eigenvalue weighted by molar-refractivity contribution is 6.25. The molecule has 1 aromatic rings. The van der Waals surface area contributed by atoms with E-state index in [-0.39, 0.29) is 5.82 Å². The number of fused-ring (bicyclic) bond motifs is 1. The molecule has 0 spiro atoms. The summed E-state index contributed by atoms with van der Waals surface area (Å²) in [4.78, 5) is 8.50. The van der Waals surface area contributed by atoms with Crippen LogP contribution in [0.3, 0.4) is 0 Å². The maximum absolute atomic E-state index is 6.57. The molecule has 6 nitrogen and oxygen atoms in total. The van der Waals surface area contributed by atoms with Crippen molar-refractivity contribution in [2.45, 2.75) is 5.06 Å². The zero-order chi connectivity index (χ0) is 14.2. The van der Waals surface area contributed by atoms with Crippen LogP contribution in [0.1, 0.15) is 5.82 Å². The molecule has 7 heteroatoms. The minimum atomic E-state index is -1.30. The molecule has 0 radical (unpaired) electrons. The Morgan fingerprint density at radius 1 is 1.25 bits per heavy atom. The highest BCUT2D eigenvalue weighted by Gasteiger charge is 2.45. The number of dihydropyridines is 1. The number of allylic oxidation sites excluding steroid dienone is 2. The highest BCUT2D eigenvalue weighted by atomic mass is 35.5. The fourth-order valence-electron chi connectivity index (χ4n) is 1.96. The molecule has 0 fully saturated rings. The van der Waals surface area contributed by atoms with Gasteiger partial charge in [0.2, 0.25) is 17.6 Å². The van der Waals surface area contributed by atoms with Crippen molar-refractivity contribution >= 4 is 11.6 Å². The maximum atomic E-state index is 6.57. The normalized spacial score (nSPS) is 23.1. The lowest BCUT2D eigenvalue weighted by Gasteiger charge is -2.23. The number of nitrogens with one attached hydrogen (secondary N) is 1. The molecule has 20 heavy (non-hydrogen) atoms. The van der Waals surface area contributed by atoms with Crippen LogP contribution in [0.2, 0.25) is 0 Å². The lowest BCUT2D eigenvalue weighted by molar-refractivity contribution is 0.146. The predicted molar refractivity (Wildman–Crippen MR) is 72.2 cm³/mol. The molecule has 1 N–H and O–H groups in total. The molecule has 2 aliphatic heterocycles. The Labute approximate surface area is 120 Å². The summed E-state index contributed by atoms with van der Waals surface area (Å²) in [5.74, 6) is 0.956. The van der Waals surface area contributed by atoms with E-state index in [4.69, 9.17) is 25.8 Å². The Kier molecular flexibility index (Phi) is 3.02. The second-order valence-corrected chi connectivity index (χ2v) is 4.64. The van der Waals surface area contributed by atoms with Crippen molar-refractivity contribution in [3.05, 3.63) is 47.8 Å². The molecular weight excluding hydrogens is 282 g/mol. The summed E-state index contributed by atoms with van der Waals surface area (Å²) in [6.07, 6.45) is 7.00. The van der Waals surface area contributed by atoms with E-state index in [0.717, 1.165) is 11.3 Å². The lowest BCUT2D eigenvalue weighted by Crippen LogP contribution is -2.26. The largest absolute Gasteiger partial charge is 0.481 e. The van der Waals surface area contributed by atoms with Gasteiger partial charge in [-0.15, -0.1) is 0 Å². The summed E-state index contributed by atoms with van der Waals surface area (Å²) >= 11 is 6.57. The van der Waals surface area contributed by atoms with E-state index in [1.165, 1.54) is 20.5 Å². The van der Waals surface area contributed by atoms with Crippen molar-refractivity contribution in [2.75, 3.05) is 14.2 Å². The number of rotatable bonds is 3. The summed E-state index contributed by atoms with van der Waals surface area (Å²) in [7, 11) is 3.02. The minimum Gasteiger partial charge on any atom is -0.481 e. The molecule has 2 aliphatic rings. The van der Waals surface area contributed by atoms with Crippen LogP contribution in [0.25, 0.3) is 0 Å². The van der Waals surface area contributed by atoms with E-state index < -0.39 is 5.06 Å². The zero-order valence-corrected chi connectivity index (χ0v) is 11.6. The molecule has 0 amide bonds. The topological polar surface area (TPSA) is 65.5 Å². The Morgan fingerprint density at radius 2 is 1.95 bits per heavy atom. The number of ether oxygens (including phenoxy) is 3. The quantitative estimate of drug-likeness (QED) is 0.857.